The number of fused-ring (bicyclic) bond motifs is 1. The van der Waals surface area contributed by atoms with Crippen LogP contribution in [-0.4, -0.2) is 51.7 Å². The number of hydrogen-bond donors (Lipinski definition) is 0. The van der Waals surface area contributed by atoms with Gasteiger partial charge in [0.1, 0.15) is 0 Å². The van der Waals surface area contributed by atoms with Gasteiger partial charge in [0, 0.05) is 6.04 Å². The van der Waals surface area contributed by atoms with Crippen molar-refractivity contribution < 1.29 is 13.3 Å². The van der Waals surface area contributed by atoms with E-state index in [2.05, 4.69) is 4.90 Å². The SMILES string of the molecule is C1CCCCCCCCCC2O[Si]3(CCCN4CCCCC4)OC(CCCCCCCCC1)C2O3. The smallest absolute Gasteiger partial charge is 0.368 e. The van der Waals surface area contributed by atoms with E-state index in [4.69, 9.17) is 13.3 Å². The van der Waals surface area contributed by atoms with Crippen LogP contribution in [0.4, 0.5) is 0 Å². The van der Waals surface area contributed by atoms with E-state index < -0.39 is 8.80 Å². The Morgan fingerprint density at radius 1 is 0.486 bits per heavy atom. The Hall–Kier alpha value is 0.0569. The minimum absolute atomic E-state index is 0.231. The van der Waals surface area contributed by atoms with Crippen LogP contribution in [0.25, 0.3) is 0 Å². The molecule has 204 valence electrons. The fraction of sp³-hybridized carbons (Fsp3) is 1.00. The Balaban J connectivity index is 1.23. The van der Waals surface area contributed by atoms with Gasteiger partial charge in [-0.05, 0) is 51.7 Å². The van der Waals surface area contributed by atoms with Gasteiger partial charge in [0.15, 0.2) is 0 Å². The lowest BCUT2D eigenvalue weighted by Crippen LogP contribution is -2.46. The molecule has 3 saturated heterocycles. The zero-order valence-corrected chi connectivity index (χ0v) is 24.0. The van der Waals surface area contributed by atoms with Crippen molar-refractivity contribution in [3.05, 3.63) is 0 Å². The Labute approximate surface area is 218 Å². The summed E-state index contributed by atoms with van der Waals surface area (Å²) >= 11 is 0. The average Bonchev–Trinajstić information content (AvgIpc) is 3.41. The molecule has 4 aliphatic rings. The van der Waals surface area contributed by atoms with Crippen molar-refractivity contribution in [3.63, 3.8) is 0 Å². The van der Waals surface area contributed by atoms with Gasteiger partial charge in [0.2, 0.25) is 0 Å². The molecule has 2 atom stereocenters. The number of rotatable bonds is 4. The largest absolute Gasteiger partial charge is 0.502 e. The van der Waals surface area contributed by atoms with Crippen LogP contribution in [0, 0.1) is 0 Å². The van der Waals surface area contributed by atoms with Gasteiger partial charge in [-0.3, -0.25) is 0 Å². The first-order valence-corrected chi connectivity index (χ1v) is 18.0. The molecule has 4 nitrogen and oxygen atoms in total. The molecule has 0 radical (unpaired) electrons. The highest BCUT2D eigenvalue weighted by molar-refractivity contribution is 6.62. The molecule has 1 aliphatic carbocycles. The fourth-order valence-corrected chi connectivity index (χ4v) is 10.2. The summed E-state index contributed by atoms with van der Waals surface area (Å²) in [5.41, 5.74) is 0. The third-order valence-corrected chi connectivity index (χ3v) is 12.0. The molecule has 2 bridgehead atoms. The van der Waals surface area contributed by atoms with Gasteiger partial charge in [-0.25, -0.2) is 0 Å². The number of hydrogen-bond acceptors (Lipinski definition) is 4. The first kappa shape index (κ1) is 28.1. The monoisotopic (exact) mass is 507 g/mol. The Morgan fingerprint density at radius 2 is 0.886 bits per heavy atom. The third-order valence-electron chi connectivity index (χ3n) is 9.09. The highest BCUT2D eigenvalue weighted by Gasteiger charge is 2.62. The maximum atomic E-state index is 6.69. The normalized spacial score (nSPS) is 35.8. The molecule has 0 spiro atoms. The maximum Gasteiger partial charge on any atom is 0.502 e. The zero-order valence-electron chi connectivity index (χ0n) is 23.0. The van der Waals surface area contributed by atoms with Crippen molar-refractivity contribution in [3.8, 4) is 0 Å². The summed E-state index contributed by atoms with van der Waals surface area (Å²) in [7, 11) is -2.44. The van der Waals surface area contributed by atoms with E-state index in [0.29, 0.717) is 12.2 Å². The van der Waals surface area contributed by atoms with Crippen molar-refractivity contribution in [2.45, 2.75) is 172 Å². The van der Waals surface area contributed by atoms with Gasteiger partial charge in [-0.15, -0.1) is 0 Å². The van der Waals surface area contributed by atoms with E-state index in [1.807, 2.05) is 0 Å². The van der Waals surface area contributed by atoms with Crippen LogP contribution in [-0.2, 0) is 13.3 Å². The molecule has 4 fully saturated rings. The van der Waals surface area contributed by atoms with Crippen LogP contribution >= 0.6 is 0 Å². The van der Waals surface area contributed by atoms with E-state index in [-0.39, 0.29) is 6.10 Å². The molecule has 0 amide bonds. The van der Waals surface area contributed by atoms with Gasteiger partial charge in [0.05, 0.1) is 18.3 Å². The molecule has 4 rings (SSSR count). The van der Waals surface area contributed by atoms with Crippen molar-refractivity contribution in [2.75, 3.05) is 19.6 Å². The number of likely N-dealkylation sites (tertiary alicyclic amines) is 1. The van der Waals surface area contributed by atoms with E-state index in [1.54, 1.807) is 0 Å². The van der Waals surface area contributed by atoms with Crippen LogP contribution in [0.1, 0.15) is 148 Å². The zero-order chi connectivity index (χ0) is 24.0. The Bertz CT molecular complexity index is 520. The Kier molecular flexibility index (Phi) is 12.9. The third kappa shape index (κ3) is 9.70. The van der Waals surface area contributed by atoms with E-state index >= 15 is 0 Å². The standard InChI is InChI=1S/C30H57NO3Si/c1-2-4-6-8-10-12-14-17-22-28-30-29(23-18-15-13-11-9-7-5-3-1)33-35(32-28,34-30)27-21-26-31-24-19-16-20-25-31/h28-30H,1-27H2. The summed E-state index contributed by atoms with van der Waals surface area (Å²) in [6.07, 6.45) is 32.6. The van der Waals surface area contributed by atoms with Gasteiger partial charge < -0.3 is 18.2 Å². The molecule has 0 N–H and O–H groups in total. The second-order valence-corrected chi connectivity index (χ2v) is 14.7. The summed E-state index contributed by atoms with van der Waals surface area (Å²) in [5, 5.41) is 0. The average molecular weight is 508 g/mol. The predicted molar refractivity (Wildman–Crippen MR) is 148 cm³/mol. The molecule has 0 aromatic rings. The molecule has 0 aromatic heterocycles. The summed E-state index contributed by atoms with van der Waals surface area (Å²) in [4.78, 5) is 2.65. The minimum Gasteiger partial charge on any atom is -0.368 e. The molecule has 3 heterocycles. The van der Waals surface area contributed by atoms with Gasteiger partial charge in [-0.1, -0.05) is 116 Å². The summed E-state index contributed by atoms with van der Waals surface area (Å²) < 4.78 is 20.1. The highest BCUT2D eigenvalue weighted by atomic mass is 28.4. The highest BCUT2D eigenvalue weighted by Crippen LogP contribution is 2.44. The maximum absolute atomic E-state index is 6.69. The lowest BCUT2D eigenvalue weighted by atomic mass is 9.97. The van der Waals surface area contributed by atoms with E-state index in [0.717, 1.165) is 6.04 Å². The molecule has 3 aliphatic heterocycles. The topological polar surface area (TPSA) is 30.9 Å². The van der Waals surface area contributed by atoms with Crippen LogP contribution in [0.15, 0.2) is 0 Å². The quantitative estimate of drug-likeness (QED) is 0.357. The molecule has 5 heteroatoms. The van der Waals surface area contributed by atoms with Crippen molar-refractivity contribution in [2.24, 2.45) is 0 Å². The van der Waals surface area contributed by atoms with Crippen LogP contribution in [0.5, 0.6) is 0 Å². The second kappa shape index (κ2) is 16.1. The predicted octanol–water partition coefficient (Wildman–Crippen LogP) is 8.41. The fourth-order valence-electron chi connectivity index (χ4n) is 6.95. The van der Waals surface area contributed by atoms with Crippen molar-refractivity contribution >= 4 is 8.80 Å². The van der Waals surface area contributed by atoms with E-state index in [1.165, 1.54) is 167 Å². The minimum atomic E-state index is -2.44. The van der Waals surface area contributed by atoms with Crippen LogP contribution in [0.3, 0.4) is 0 Å². The second-order valence-electron chi connectivity index (χ2n) is 12.2. The lowest BCUT2D eigenvalue weighted by molar-refractivity contribution is 0.0121. The molecule has 2 unspecified atom stereocenters. The van der Waals surface area contributed by atoms with Crippen LogP contribution in [0.2, 0.25) is 6.04 Å². The summed E-state index contributed by atoms with van der Waals surface area (Å²) in [6, 6.07) is 1.03. The lowest BCUT2D eigenvalue weighted by Gasteiger charge is -2.32. The summed E-state index contributed by atoms with van der Waals surface area (Å²) in [6.45, 7) is 3.76. The molecule has 35 heavy (non-hydrogen) atoms. The van der Waals surface area contributed by atoms with Crippen LogP contribution < -0.4 is 0 Å². The van der Waals surface area contributed by atoms with Gasteiger partial charge in [-0.2, -0.15) is 0 Å². The summed E-state index contributed by atoms with van der Waals surface area (Å²) in [5.74, 6) is 0. The Morgan fingerprint density at radius 3 is 1.34 bits per heavy atom. The number of nitrogens with zero attached hydrogens (tertiary/aromatic N) is 1. The van der Waals surface area contributed by atoms with E-state index in [9.17, 15) is 0 Å². The first-order valence-electron chi connectivity index (χ1n) is 16.1. The number of piperidine rings is 1. The first-order chi connectivity index (χ1) is 17.3. The molecular formula is C30H57NO3Si. The van der Waals surface area contributed by atoms with Crippen molar-refractivity contribution in [1.82, 2.24) is 4.90 Å². The molecular weight excluding hydrogens is 450 g/mol. The molecule has 0 aromatic carbocycles. The van der Waals surface area contributed by atoms with Crippen molar-refractivity contribution in [1.29, 1.82) is 0 Å². The van der Waals surface area contributed by atoms with Gasteiger partial charge >= 0.3 is 8.80 Å². The molecule has 1 saturated carbocycles. The van der Waals surface area contributed by atoms with Gasteiger partial charge in [0.25, 0.3) is 0 Å².